The first-order valence-corrected chi connectivity index (χ1v) is 11.9. The van der Waals surface area contributed by atoms with Crippen molar-refractivity contribution in [2.45, 2.75) is 90.3 Å². The van der Waals surface area contributed by atoms with Crippen molar-refractivity contribution in [2.75, 3.05) is 19.8 Å². The lowest BCUT2D eigenvalue weighted by Crippen LogP contribution is -2.69. The molecule has 9 atom stereocenters. The molecule has 3 saturated heterocycles. The molecule has 0 aromatic carbocycles. The molecule has 7 heteroatoms. The van der Waals surface area contributed by atoms with Crippen LogP contribution in [0.2, 0.25) is 0 Å². The number of hydrogen-bond acceptors (Lipinski definition) is 7. The van der Waals surface area contributed by atoms with Crippen molar-refractivity contribution < 1.29 is 33.3 Å². The molecule has 2 saturated carbocycles. The summed E-state index contributed by atoms with van der Waals surface area (Å²) in [7, 11) is 0. The van der Waals surface area contributed by atoms with Crippen LogP contribution in [0.15, 0.2) is 0 Å². The van der Waals surface area contributed by atoms with Gasteiger partial charge in [-0.1, -0.05) is 20.3 Å². The van der Waals surface area contributed by atoms with E-state index in [9.17, 15) is 9.59 Å². The number of fused-ring (bicyclic) bond motifs is 3. The van der Waals surface area contributed by atoms with E-state index in [1.54, 1.807) is 0 Å². The summed E-state index contributed by atoms with van der Waals surface area (Å²) in [5.41, 5.74) is -1.09. The molecule has 0 radical (unpaired) electrons. The number of carbonyl (C=O) groups is 2. The van der Waals surface area contributed by atoms with Crippen molar-refractivity contribution >= 4 is 11.9 Å². The highest BCUT2D eigenvalue weighted by Crippen LogP contribution is 2.70. The summed E-state index contributed by atoms with van der Waals surface area (Å²) in [5, 5.41) is 0. The zero-order valence-electron chi connectivity index (χ0n) is 19.2. The Kier molecular flexibility index (Phi) is 5.18. The van der Waals surface area contributed by atoms with E-state index in [2.05, 4.69) is 13.8 Å². The lowest BCUT2D eigenvalue weighted by molar-refractivity contribution is -0.255. The maximum absolute atomic E-state index is 12.1. The standard InChI is InChI=1S/C24H36O7/c1-14-10-20(30-16(3)26)24(13-28-15(2)25)18(6-5-8-23(24)12-29-23)22(14,4)19-11-17-7-9-27-21(17)31-19/h14,17-21H,5-13H2,1-4H3/t14-,17-,18-,19+,20+,21+,22+,23+,24+/m0/s1. The molecule has 0 aromatic heterocycles. The van der Waals surface area contributed by atoms with Crippen LogP contribution in [0, 0.1) is 28.6 Å². The van der Waals surface area contributed by atoms with E-state index in [1.807, 2.05) is 0 Å². The summed E-state index contributed by atoms with van der Waals surface area (Å²) >= 11 is 0. The second-order valence-corrected chi connectivity index (χ2v) is 10.8. The zero-order chi connectivity index (χ0) is 22.0. The van der Waals surface area contributed by atoms with Gasteiger partial charge < -0.3 is 23.7 Å². The third kappa shape index (κ3) is 3.10. The summed E-state index contributed by atoms with van der Waals surface area (Å²) in [5.74, 6) is 0.301. The minimum Gasteiger partial charge on any atom is -0.465 e. The van der Waals surface area contributed by atoms with Gasteiger partial charge in [0.25, 0.3) is 0 Å². The molecule has 0 unspecified atom stereocenters. The Labute approximate surface area is 184 Å². The Bertz CT molecular complexity index is 736. The van der Waals surface area contributed by atoms with E-state index in [0.29, 0.717) is 12.5 Å². The Morgan fingerprint density at radius 3 is 2.55 bits per heavy atom. The molecule has 0 N–H and O–H groups in total. The second-order valence-electron chi connectivity index (χ2n) is 10.8. The van der Waals surface area contributed by atoms with Gasteiger partial charge in [-0.25, -0.2) is 0 Å². The Hall–Kier alpha value is -1.18. The summed E-state index contributed by atoms with van der Waals surface area (Å²) in [6, 6.07) is 0. The van der Waals surface area contributed by atoms with Crippen molar-refractivity contribution in [1.29, 1.82) is 0 Å². The first-order valence-electron chi connectivity index (χ1n) is 11.9. The van der Waals surface area contributed by atoms with Crippen LogP contribution in [-0.4, -0.2) is 55.9 Å². The van der Waals surface area contributed by atoms with Crippen LogP contribution < -0.4 is 0 Å². The smallest absolute Gasteiger partial charge is 0.302 e. The van der Waals surface area contributed by atoms with Crippen LogP contribution in [0.5, 0.6) is 0 Å². The molecule has 5 rings (SSSR count). The van der Waals surface area contributed by atoms with Crippen LogP contribution >= 0.6 is 0 Å². The van der Waals surface area contributed by atoms with E-state index in [0.717, 1.165) is 45.1 Å². The molecular weight excluding hydrogens is 400 g/mol. The maximum Gasteiger partial charge on any atom is 0.302 e. The molecule has 5 fully saturated rings. The van der Waals surface area contributed by atoms with Crippen molar-refractivity contribution in [1.82, 2.24) is 0 Å². The normalized spacial score (nSPS) is 50.6. The summed E-state index contributed by atoms with van der Waals surface area (Å²) in [6.45, 7) is 9.16. The first kappa shape index (κ1) is 21.7. The van der Waals surface area contributed by atoms with Gasteiger partial charge in [0.2, 0.25) is 0 Å². The fraction of sp³-hybridized carbons (Fsp3) is 0.917. The van der Waals surface area contributed by atoms with Gasteiger partial charge in [-0.2, -0.15) is 0 Å². The molecular formula is C24H36O7. The van der Waals surface area contributed by atoms with Gasteiger partial charge in [0, 0.05) is 25.2 Å². The minimum atomic E-state index is -0.550. The highest BCUT2D eigenvalue weighted by Gasteiger charge is 2.76. The first-order chi connectivity index (χ1) is 14.7. The van der Waals surface area contributed by atoms with Crippen LogP contribution in [0.1, 0.15) is 66.2 Å². The lowest BCUT2D eigenvalue weighted by atomic mass is 9.42. The highest BCUT2D eigenvalue weighted by atomic mass is 16.7. The van der Waals surface area contributed by atoms with Crippen LogP contribution in [0.25, 0.3) is 0 Å². The Balaban J connectivity index is 1.57. The molecule has 3 aliphatic heterocycles. The SMILES string of the molecule is CC(=O)OC[C@]12[C@H](OC(C)=O)C[C@H](C)[C@@](C)([C@H]3C[C@@H]4CCO[C@@H]4O3)[C@@H]1CCC[C@@]21CO1. The number of hydrogen-bond donors (Lipinski definition) is 0. The van der Waals surface area contributed by atoms with Gasteiger partial charge in [0.15, 0.2) is 6.29 Å². The molecule has 0 aromatic rings. The number of ether oxygens (including phenoxy) is 5. The Morgan fingerprint density at radius 2 is 1.90 bits per heavy atom. The van der Waals surface area contributed by atoms with Gasteiger partial charge in [-0.3, -0.25) is 9.59 Å². The average Bonchev–Trinajstić information content (AvgIpc) is 3.15. The van der Waals surface area contributed by atoms with Crippen molar-refractivity contribution in [3.05, 3.63) is 0 Å². The molecule has 5 aliphatic rings. The number of rotatable bonds is 4. The van der Waals surface area contributed by atoms with Crippen LogP contribution in [-0.2, 0) is 33.3 Å². The van der Waals surface area contributed by atoms with Crippen molar-refractivity contribution in [2.24, 2.45) is 28.6 Å². The molecule has 174 valence electrons. The van der Waals surface area contributed by atoms with Gasteiger partial charge in [0.1, 0.15) is 18.3 Å². The molecule has 1 spiro atoms. The third-order valence-electron chi connectivity index (χ3n) is 9.48. The van der Waals surface area contributed by atoms with Gasteiger partial charge in [-0.05, 0) is 43.9 Å². The molecule has 0 amide bonds. The fourth-order valence-corrected chi connectivity index (χ4v) is 7.73. The van der Waals surface area contributed by atoms with Gasteiger partial charge >= 0.3 is 11.9 Å². The van der Waals surface area contributed by atoms with E-state index in [1.165, 1.54) is 13.8 Å². The number of esters is 2. The monoisotopic (exact) mass is 436 g/mol. The van der Waals surface area contributed by atoms with E-state index in [4.69, 9.17) is 23.7 Å². The second kappa shape index (κ2) is 7.42. The van der Waals surface area contributed by atoms with E-state index >= 15 is 0 Å². The summed E-state index contributed by atoms with van der Waals surface area (Å²) < 4.78 is 30.3. The van der Waals surface area contributed by atoms with Crippen LogP contribution in [0.3, 0.4) is 0 Å². The highest BCUT2D eigenvalue weighted by molar-refractivity contribution is 5.67. The predicted molar refractivity (Wildman–Crippen MR) is 110 cm³/mol. The largest absolute Gasteiger partial charge is 0.465 e. The average molecular weight is 437 g/mol. The molecule has 0 bridgehead atoms. The Morgan fingerprint density at radius 1 is 1.13 bits per heavy atom. The van der Waals surface area contributed by atoms with Crippen LogP contribution in [0.4, 0.5) is 0 Å². The van der Waals surface area contributed by atoms with E-state index in [-0.39, 0.29) is 54.3 Å². The summed E-state index contributed by atoms with van der Waals surface area (Å²) in [4.78, 5) is 24.1. The van der Waals surface area contributed by atoms with Gasteiger partial charge in [0.05, 0.1) is 24.7 Å². The molecule has 2 aliphatic carbocycles. The zero-order valence-corrected chi connectivity index (χ0v) is 19.2. The fourth-order valence-electron chi connectivity index (χ4n) is 7.73. The quantitative estimate of drug-likeness (QED) is 0.494. The van der Waals surface area contributed by atoms with Crippen molar-refractivity contribution in [3.8, 4) is 0 Å². The molecule has 3 heterocycles. The minimum absolute atomic E-state index is 0.0756. The topological polar surface area (TPSA) is 83.6 Å². The third-order valence-corrected chi connectivity index (χ3v) is 9.48. The van der Waals surface area contributed by atoms with Gasteiger partial charge in [-0.15, -0.1) is 0 Å². The maximum atomic E-state index is 12.1. The van der Waals surface area contributed by atoms with E-state index < -0.39 is 11.0 Å². The predicted octanol–water partition coefficient (Wildman–Crippen LogP) is 3.23. The molecule has 7 nitrogen and oxygen atoms in total. The lowest BCUT2D eigenvalue weighted by Gasteiger charge is -2.64. The molecule has 31 heavy (non-hydrogen) atoms. The summed E-state index contributed by atoms with van der Waals surface area (Å²) in [6.07, 6.45) is 5.36. The number of epoxide rings is 1. The van der Waals surface area contributed by atoms with Crippen molar-refractivity contribution in [3.63, 3.8) is 0 Å². The number of carbonyl (C=O) groups excluding carboxylic acids is 2.